The number of nitrogens with zero attached hydrogens (tertiary/aromatic N) is 2. The van der Waals surface area contributed by atoms with Gasteiger partial charge in [0.1, 0.15) is 33.3 Å². The highest BCUT2D eigenvalue weighted by atomic mass is 19.1. The van der Waals surface area contributed by atoms with Gasteiger partial charge in [-0.2, -0.15) is 0 Å². The zero-order valence-corrected chi connectivity index (χ0v) is 26.8. The number of morpholine rings is 1. The molecule has 0 saturated carbocycles. The Morgan fingerprint density at radius 2 is 1.73 bits per heavy atom. The van der Waals surface area contributed by atoms with Crippen molar-refractivity contribution in [3.8, 4) is 0 Å². The molecule has 242 valence electrons. The highest BCUT2D eigenvalue weighted by Gasteiger charge is 2.63. The Morgan fingerprint density at radius 3 is 2.27 bits per heavy atom. The molecule has 1 fully saturated rings. The summed E-state index contributed by atoms with van der Waals surface area (Å²) < 4.78 is 21.0. The van der Waals surface area contributed by atoms with Crippen LogP contribution in [0.25, 0.3) is 0 Å². The molecule has 1 aliphatic heterocycles. The number of likely N-dealkylation sites (N-methyl/N-ethyl adjacent to an activating group) is 2. The lowest BCUT2D eigenvalue weighted by atomic mass is 9.45. The molecule has 3 rings (SSSR count). The zero-order chi connectivity index (χ0) is 34.0. The average Bonchev–Trinajstić information content (AvgIpc) is 2.98. The average molecular weight is 626 g/mol. The molecular weight excluding hydrogens is 584 g/mol. The number of hydrogen-bond donors (Lipinski definition) is 6. The van der Waals surface area contributed by atoms with Crippen LogP contribution < -0.4 is 10.6 Å². The number of amides is 1. The molecule has 0 aromatic heterocycles. The Hall–Kier alpha value is -3.11. The molecule has 45 heavy (non-hydrogen) atoms. The fourth-order valence-electron chi connectivity index (χ4n) is 5.92. The third kappa shape index (κ3) is 7.02. The maximum Gasteiger partial charge on any atom is 0.256 e. The molecule has 0 aliphatic carbocycles. The summed E-state index contributed by atoms with van der Waals surface area (Å²) in [5, 5.41) is 50.7. The monoisotopic (exact) mass is 626 g/mol. The largest absolute Gasteiger partial charge is 0.395 e. The van der Waals surface area contributed by atoms with Crippen molar-refractivity contribution in [1.29, 1.82) is 0 Å². The first-order valence-corrected chi connectivity index (χ1v) is 14.7. The van der Waals surface area contributed by atoms with Crippen LogP contribution in [-0.2, 0) is 33.3 Å². The van der Waals surface area contributed by atoms with E-state index in [1.165, 1.54) is 31.3 Å². The van der Waals surface area contributed by atoms with Gasteiger partial charge >= 0.3 is 0 Å². The van der Waals surface area contributed by atoms with Crippen molar-refractivity contribution >= 4 is 47.7 Å². The number of aldehydes is 2. The van der Waals surface area contributed by atoms with Gasteiger partial charge in [0.15, 0.2) is 14.1 Å². The van der Waals surface area contributed by atoms with E-state index in [0.29, 0.717) is 17.7 Å². The van der Waals surface area contributed by atoms with Crippen molar-refractivity contribution in [2.75, 3.05) is 32.5 Å². The van der Waals surface area contributed by atoms with Crippen molar-refractivity contribution < 1.29 is 43.9 Å². The van der Waals surface area contributed by atoms with Crippen molar-refractivity contribution in [2.24, 2.45) is 0 Å². The molecular formula is C29H42B3FN4O8. The fraction of sp³-hybridized carbons (Fsp3) is 0.483. The number of hydrogen-bond acceptors (Lipinski definition) is 11. The van der Waals surface area contributed by atoms with Crippen molar-refractivity contribution in [2.45, 2.75) is 61.5 Å². The molecule has 5 unspecified atom stereocenters. The second-order valence-electron chi connectivity index (χ2n) is 12.3. The third-order valence-corrected chi connectivity index (χ3v) is 9.02. The number of carbonyl (C=O) groups excluding carboxylic acids is 3. The van der Waals surface area contributed by atoms with Crippen molar-refractivity contribution in [3.05, 3.63) is 64.5 Å². The number of carbonyl (C=O) groups is 3. The minimum absolute atomic E-state index is 0.0114. The van der Waals surface area contributed by atoms with Crippen LogP contribution in [0.5, 0.6) is 0 Å². The number of nitrogens with one attached hydrogen (secondary N) is 2. The number of anilines is 1. The predicted octanol–water partition coefficient (Wildman–Crippen LogP) is -3.20. The first kappa shape index (κ1) is 36.4. The first-order valence-electron chi connectivity index (χ1n) is 14.7. The number of rotatable bonds is 13. The summed E-state index contributed by atoms with van der Waals surface area (Å²) in [7, 11) is 5.38. The minimum atomic E-state index is -3.17. The summed E-state index contributed by atoms with van der Waals surface area (Å²) in [6, 6.07) is 9.08. The smallest absolute Gasteiger partial charge is 0.256 e. The summed E-state index contributed by atoms with van der Waals surface area (Å²) in [6.45, 7) is 5.87. The molecule has 0 bridgehead atoms. The lowest BCUT2D eigenvalue weighted by Crippen LogP contribution is -2.81. The summed E-state index contributed by atoms with van der Waals surface area (Å²) >= 11 is 0. The maximum atomic E-state index is 15.3. The molecule has 1 heterocycles. The van der Waals surface area contributed by atoms with Gasteiger partial charge in [-0.05, 0) is 38.6 Å². The molecule has 5 atom stereocenters. The lowest BCUT2D eigenvalue weighted by Gasteiger charge is -2.55. The summed E-state index contributed by atoms with van der Waals surface area (Å²) in [4.78, 5) is 39.9. The normalized spacial score (nSPS) is 21.6. The van der Waals surface area contributed by atoms with E-state index in [9.17, 15) is 34.8 Å². The van der Waals surface area contributed by atoms with Crippen LogP contribution in [0.2, 0.25) is 0 Å². The van der Waals surface area contributed by atoms with Crippen LogP contribution in [0.15, 0.2) is 36.4 Å². The van der Waals surface area contributed by atoms with Gasteiger partial charge in [0.2, 0.25) is 5.91 Å². The summed E-state index contributed by atoms with van der Waals surface area (Å²) in [6.07, 6.45) is 0.546. The lowest BCUT2D eigenvalue weighted by molar-refractivity contribution is -0.295. The Kier molecular flexibility index (Phi) is 11.1. The highest BCUT2D eigenvalue weighted by molar-refractivity contribution is 6.41. The van der Waals surface area contributed by atoms with Crippen LogP contribution >= 0.6 is 0 Å². The third-order valence-electron chi connectivity index (χ3n) is 9.02. The number of aliphatic hydroxyl groups is 4. The summed E-state index contributed by atoms with van der Waals surface area (Å²) in [5.74, 6) is -4.64. The molecule has 2 aromatic carbocycles. The van der Waals surface area contributed by atoms with Gasteiger partial charge in [-0.3, -0.25) is 14.5 Å². The van der Waals surface area contributed by atoms with E-state index in [2.05, 4.69) is 15.5 Å². The maximum absolute atomic E-state index is 15.3. The number of benzene rings is 2. The van der Waals surface area contributed by atoms with Crippen molar-refractivity contribution in [1.82, 2.24) is 15.1 Å². The van der Waals surface area contributed by atoms with Gasteiger partial charge < -0.3 is 40.6 Å². The Labute approximate surface area is 265 Å². The molecule has 12 nitrogen and oxygen atoms in total. The second-order valence-corrected chi connectivity index (χ2v) is 12.3. The van der Waals surface area contributed by atoms with E-state index < -0.39 is 39.6 Å². The molecule has 6 N–H and O–H groups in total. The van der Waals surface area contributed by atoms with Crippen LogP contribution in [0.4, 0.5) is 10.1 Å². The van der Waals surface area contributed by atoms with E-state index in [-0.39, 0.29) is 41.9 Å². The van der Waals surface area contributed by atoms with E-state index >= 15 is 4.39 Å². The van der Waals surface area contributed by atoms with Gasteiger partial charge in [0, 0.05) is 50.0 Å². The van der Waals surface area contributed by atoms with Gasteiger partial charge in [-0.25, -0.2) is 9.29 Å². The van der Waals surface area contributed by atoms with Crippen LogP contribution in [0, 0.1) is 5.82 Å². The zero-order valence-electron chi connectivity index (χ0n) is 26.8. The molecule has 1 saturated heterocycles. The van der Waals surface area contributed by atoms with Gasteiger partial charge in [0.25, 0.3) is 5.91 Å². The van der Waals surface area contributed by atoms with Gasteiger partial charge in [-0.1, -0.05) is 24.3 Å². The number of ether oxygens (including phenoxy) is 1. The number of halogens is 1. The summed E-state index contributed by atoms with van der Waals surface area (Å²) in [5.41, 5.74) is -7.09. The molecule has 1 amide bonds. The Balaban J connectivity index is 1.96. The first-order chi connectivity index (χ1) is 20.9. The molecule has 1 aliphatic rings. The van der Waals surface area contributed by atoms with E-state index in [0.717, 1.165) is 49.2 Å². The topological polar surface area (TPSA) is 172 Å². The molecule has 0 spiro atoms. The molecule has 2 aromatic rings. The molecule has 0 radical (unpaired) electrons. The van der Waals surface area contributed by atoms with E-state index in [4.69, 9.17) is 4.74 Å². The quantitative estimate of drug-likeness (QED) is 0.0753. The second kappa shape index (κ2) is 13.7. The van der Waals surface area contributed by atoms with E-state index in [1.807, 2.05) is 13.8 Å². The Morgan fingerprint density at radius 1 is 1.11 bits per heavy atom. The van der Waals surface area contributed by atoms with Gasteiger partial charge in [-0.15, -0.1) is 0 Å². The predicted molar refractivity (Wildman–Crippen MR) is 173 cm³/mol. The highest BCUT2D eigenvalue weighted by Crippen LogP contribution is 2.40. The van der Waals surface area contributed by atoms with E-state index in [1.54, 1.807) is 12.1 Å². The SMILES string of the molecule is BC(O)(C=O)C(B)(O)C(B)(C(=O)NC)N(C)C(O)(O)c1c(C=O)cccc1NCc1ccc(CN2CC(C)OC(C)C2)cc1F. The van der Waals surface area contributed by atoms with Crippen LogP contribution in [0.3, 0.4) is 0 Å². The fourth-order valence-corrected chi connectivity index (χ4v) is 5.92. The molecule has 16 heteroatoms. The van der Waals surface area contributed by atoms with Crippen LogP contribution in [-0.4, -0.2) is 128 Å². The van der Waals surface area contributed by atoms with Crippen LogP contribution in [0.1, 0.15) is 40.9 Å². The minimum Gasteiger partial charge on any atom is -0.395 e. The Bertz CT molecular complexity index is 1410. The van der Waals surface area contributed by atoms with Gasteiger partial charge in [0.05, 0.1) is 28.7 Å². The van der Waals surface area contributed by atoms with Crippen molar-refractivity contribution in [3.63, 3.8) is 0 Å². The standard InChI is InChI=1S/C29H42B3FN4O8/c1-17-12-37(13-18(2)45-17)14-19-8-9-20(22(33)10-19)11-35-23-7-5-6-21(15-38)24(23)28(42,43)36(4)27(31,25(40)34-3)29(32,44)26(30,41)16-39/h5-10,15-18,35,41-44H,11-14,30-32H2,1-4H3,(H,34,40).